The summed E-state index contributed by atoms with van der Waals surface area (Å²) < 4.78 is 0. The quantitative estimate of drug-likeness (QED) is 0.796. The van der Waals surface area contributed by atoms with Crippen LogP contribution in [0.5, 0.6) is 0 Å². The van der Waals surface area contributed by atoms with Crippen LogP contribution < -0.4 is 4.90 Å². The highest BCUT2D eigenvalue weighted by Gasteiger charge is 2.28. The van der Waals surface area contributed by atoms with Gasteiger partial charge in [0.25, 0.3) is 0 Å². The number of fused-ring (bicyclic) bond motifs is 1. The predicted octanol–water partition coefficient (Wildman–Crippen LogP) is 4.06. The Bertz CT molecular complexity index is 651. The summed E-state index contributed by atoms with van der Waals surface area (Å²) in [5, 5.41) is -0.0705. The van der Waals surface area contributed by atoms with E-state index in [4.69, 9.17) is 0 Å². The third-order valence-electron chi connectivity index (χ3n) is 3.83. The second-order valence-corrected chi connectivity index (χ2v) is 6.86. The summed E-state index contributed by atoms with van der Waals surface area (Å²) >= 11 is 1.63. The Morgan fingerprint density at radius 3 is 2.62 bits per heavy atom. The van der Waals surface area contributed by atoms with Gasteiger partial charge in [-0.05, 0) is 44.0 Å². The average molecular weight is 297 g/mol. The molecule has 3 heteroatoms. The molecule has 21 heavy (non-hydrogen) atoms. The summed E-state index contributed by atoms with van der Waals surface area (Å²) in [5.74, 6) is 0.200. The van der Waals surface area contributed by atoms with E-state index in [1.165, 1.54) is 11.1 Å². The summed E-state index contributed by atoms with van der Waals surface area (Å²) in [6.07, 6.45) is 0.962. The van der Waals surface area contributed by atoms with E-state index in [9.17, 15) is 4.79 Å². The molecule has 0 radical (unpaired) electrons. The van der Waals surface area contributed by atoms with Crippen LogP contribution in [0.1, 0.15) is 18.1 Å². The molecule has 1 amide bonds. The fourth-order valence-electron chi connectivity index (χ4n) is 2.66. The molecular formula is C18H19NOS. The SMILES string of the molecule is Cc1ccc(SC(C)C(=O)N2CCc3ccccc32)cc1. The third-order valence-corrected chi connectivity index (χ3v) is 4.93. The normalized spacial score (nSPS) is 14.9. The summed E-state index contributed by atoms with van der Waals surface area (Å²) in [4.78, 5) is 15.8. The van der Waals surface area contributed by atoms with Crippen molar-refractivity contribution in [2.24, 2.45) is 0 Å². The molecule has 0 saturated heterocycles. The number of rotatable bonds is 3. The van der Waals surface area contributed by atoms with Crippen molar-refractivity contribution in [2.75, 3.05) is 11.4 Å². The molecule has 0 fully saturated rings. The van der Waals surface area contributed by atoms with Gasteiger partial charge >= 0.3 is 0 Å². The van der Waals surface area contributed by atoms with Crippen LogP contribution in [0.25, 0.3) is 0 Å². The van der Waals surface area contributed by atoms with Crippen molar-refractivity contribution >= 4 is 23.4 Å². The highest BCUT2D eigenvalue weighted by molar-refractivity contribution is 8.00. The van der Waals surface area contributed by atoms with Gasteiger partial charge in [-0.3, -0.25) is 4.79 Å². The first kappa shape index (κ1) is 14.2. The topological polar surface area (TPSA) is 20.3 Å². The molecule has 0 saturated carbocycles. The van der Waals surface area contributed by atoms with E-state index in [-0.39, 0.29) is 11.2 Å². The van der Waals surface area contributed by atoms with Crippen LogP contribution >= 0.6 is 11.8 Å². The van der Waals surface area contributed by atoms with Gasteiger partial charge in [0.05, 0.1) is 5.25 Å². The van der Waals surface area contributed by atoms with E-state index in [1.54, 1.807) is 11.8 Å². The second kappa shape index (κ2) is 5.94. The third kappa shape index (κ3) is 2.98. The Hall–Kier alpha value is -1.74. The number of carbonyl (C=O) groups is 1. The fraction of sp³-hybridized carbons (Fsp3) is 0.278. The maximum absolute atomic E-state index is 12.7. The molecule has 0 N–H and O–H groups in total. The predicted molar refractivity (Wildman–Crippen MR) is 89.0 cm³/mol. The van der Waals surface area contributed by atoms with Crippen molar-refractivity contribution in [3.63, 3.8) is 0 Å². The van der Waals surface area contributed by atoms with E-state index < -0.39 is 0 Å². The zero-order chi connectivity index (χ0) is 14.8. The molecule has 1 heterocycles. The van der Waals surface area contributed by atoms with Gasteiger partial charge in [-0.1, -0.05) is 35.9 Å². The van der Waals surface area contributed by atoms with Gasteiger partial charge < -0.3 is 4.90 Å². The summed E-state index contributed by atoms with van der Waals surface area (Å²) in [6, 6.07) is 16.5. The maximum Gasteiger partial charge on any atom is 0.240 e. The number of nitrogens with zero attached hydrogens (tertiary/aromatic N) is 1. The molecule has 2 aromatic rings. The minimum Gasteiger partial charge on any atom is -0.311 e. The van der Waals surface area contributed by atoms with Crippen LogP contribution in [0.15, 0.2) is 53.4 Å². The first-order valence-electron chi connectivity index (χ1n) is 7.28. The fourth-order valence-corrected chi connectivity index (χ4v) is 3.59. The Labute approximate surface area is 130 Å². The largest absolute Gasteiger partial charge is 0.311 e. The Morgan fingerprint density at radius 2 is 1.86 bits per heavy atom. The zero-order valence-electron chi connectivity index (χ0n) is 12.4. The number of thioether (sulfide) groups is 1. The Kier molecular flexibility index (Phi) is 4.02. The van der Waals surface area contributed by atoms with E-state index in [2.05, 4.69) is 37.3 Å². The van der Waals surface area contributed by atoms with Crippen molar-refractivity contribution < 1.29 is 4.79 Å². The lowest BCUT2D eigenvalue weighted by atomic mass is 10.2. The lowest BCUT2D eigenvalue weighted by Crippen LogP contribution is -2.35. The lowest BCUT2D eigenvalue weighted by Gasteiger charge is -2.21. The zero-order valence-corrected chi connectivity index (χ0v) is 13.2. The average Bonchev–Trinajstić information content (AvgIpc) is 2.92. The lowest BCUT2D eigenvalue weighted by molar-refractivity contribution is -0.117. The Balaban J connectivity index is 1.72. The van der Waals surface area contributed by atoms with Crippen LogP contribution in [-0.4, -0.2) is 17.7 Å². The van der Waals surface area contributed by atoms with Crippen molar-refractivity contribution in [3.8, 4) is 0 Å². The van der Waals surface area contributed by atoms with Crippen LogP contribution in [-0.2, 0) is 11.2 Å². The van der Waals surface area contributed by atoms with Crippen LogP contribution in [0.3, 0.4) is 0 Å². The van der Waals surface area contributed by atoms with Crippen LogP contribution in [0.4, 0.5) is 5.69 Å². The van der Waals surface area contributed by atoms with Gasteiger partial charge in [-0.25, -0.2) is 0 Å². The maximum atomic E-state index is 12.7. The Morgan fingerprint density at radius 1 is 1.14 bits per heavy atom. The number of hydrogen-bond acceptors (Lipinski definition) is 2. The standard InChI is InChI=1S/C18H19NOS/c1-13-7-9-16(10-8-13)21-14(2)18(20)19-12-11-15-5-3-4-6-17(15)19/h3-10,14H,11-12H2,1-2H3. The molecule has 0 spiro atoms. The highest BCUT2D eigenvalue weighted by atomic mass is 32.2. The molecule has 1 aliphatic heterocycles. The highest BCUT2D eigenvalue weighted by Crippen LogP contribution is 2.31. The van der Waals surface area contributed by atoms with E-state index in [0.717, 1.165) is 23.5 Å². The molecule has 1 unspecified atom stereocenters. The molecule has 2 aromatic carbocycles. The van der Waals surface area contributed by atoms with Gasteiger partial charge in [0, 0.05) is 17.1 Å². The minimum absolute atomic E-state index is 0.0705. The van der Waals surface area contributed by atoms with Crippen molar-refractivity contribution in [2.45, 2.75) is 30.4 Å². The molecule has 0 bridgehead atoms. The number of hydrogen-bond donors (Lipinski definition) is 0. The van der Waals surface area contributed by atoms with Crippen molar-refractivity contribution in [3.05, 3.63) is 59.7 Å². The number of aryl methyl sites for hydroxylation is 1. The number of para-hydroxylation sites is 1. The number of anilines is 1. The number of carbonyl (C=O) groups excluding carboxylic acids is 1. The van der Waals surface area contributed by atoms with Crippen molar-refractivity contribution in [1.82, 2.24) is 0 Å². The monoisotopic (exact) mass is 297 g/mol. The molecule has 1 aliphatic rings. The molecule has 2 nitrogen and oxygen atoms in total. The first-order chi connectivity index (χ1) is 10.1. The van der Waals surface area contributed by atoms with E-state index in [0.29, 0.717) is 0 Å². The number of amides is 1. The van der Waals surface area contributed by atoms with Gasteiger partial charge in [-0.15, -0.1) is 11.8 Å². The van der Waals surface area contributed by atoms with Gasteiger partial charge in [0.2, 0.25) is 5.91 Å². The molecule has 108 valence electrons. The molecule has 3 rings (SSSR count). The van der Waals surface area contributed by atoms with Gasteiger partial charge in [-0.2, -0.15) is 0 Å². The van der Waals surface area contributed by atoms with Gasteiger partial charge in [0.1, 0.15) is 0 Å². The first-order valence-corrected chi connectivity index (χ1v) is 8.16. The molecule has 0 aliphatic carbocycles. The summed E-state index contributed by atoms with van der Waals surface area (Å²) in [7, 11) is 0. The molecular weight excluding hydrogens is 278 g/mol. The van der Waals surface area contributed by atoms with E-state index in [1.807, 2.05) is 30.0 Å². The summed E-state index contributed by atoms with van der Waals surface area (Å²) in [6.45, 7) is 4.87. The smallest absolute Gasteiger partial charge is 0.240 e. The van der Waals surface area contributed by atoms with E-state index >= 15 is 0 Å². The van der Waals surface area contributed by atoms with Gasteiger partial charge in [0.15, 0.2) is 0 Å². The molecule has 0 aromatic heterocycles. The summed E-state index contributed by atoms with van der Waals surface area (Å²) in [5.41, 5.74) is 3.60. The van der Waals surface area contributed by atoms with Crippen molar-refractivity contribution in [1.29, 1.82) is 0 Å². The van der Waals surface area contributed by atoms with Crippen LogP contribution in [0.2, 0.25) is 0 Å². The second-order valence-electron chi connectivity index (χ2n) is 5.44. The number of benzene rings is 2. The molecule has 1 atom stereocenters. The minimum atomic E-state index is -0.0705. The van der Waals surface area contributed by atoms with Crippen LogP contribution in [0, 0.1) is 6.92 Å².